The van der Waals surface area contributed by atoms with Crippen LogP contribution in [0.4, 0.5) is 4.39 Å². The highest BCUT2D eigenvalue weighted by Crippen LogP contribution is 2.30. The Morgan fingerprint density at radius 3 is 2.55 bits per heavy atom. The molecule has 3 nitrogen and oxygen atoms in total. The van der Waals surface area contributed by atoms with E-state index in [2.05, 4.69) is 21.2 Å². The lowest BCUT2D eigenvalue weighted by Gasteiger charge is -2.35. The first-order chi connectivity index (χ1) is 9.52. The number of rotatable bonds is 2. The number of hydrogen-bond acceptors (Lipinski definition) is 2. The van der Waals surface area contributed by atoms with Crippen molar-refractivity contribution >= 4 is 21.8 Å². The smallest absolute Gasteiger partial charge is 0.253 e. The Balaban J connectivity index is 1.76. The van der Waals surface area contributed by atoms with Crippen LogP contribution in [0.25, 0.3) is 0 Å². The second-order valence-electron chi connectivity index (χ2n) is 5.84. The minimum Gasteiger partial charge on any atom is -0.339 e. The van der Waals surface area contributed by atoms with Crippen molar-refractivity contribution in [3.63, 3.8) is 0 Å². The van der Waals surface area contributed by atoms with Crippen molar-refractivity contribution in [3.05, 3.63) is 34.1 Å². The standard InChI is InChI=1S/C15H18BrFN2O/c1-19(14-7-12-2-3-13(8-14)18-12)15(20)9-4-10(16)6-11(17)5-9/h4-6,12-14,18H,2-3,7-8H2,1H3. The largest absolute Gasteiger partial charge is 0.339 e. The fraction of sp³-hybridized carbons (Fsp3) is 0.533. The highest BCUT2D eigenvalue weighted by Gasteiger charge is 2.36. The lowest BCUT2D eigenvalue weighted by molar-refractivity contribution is 0.0681. The predicted molar refractivity (Wildman–Crippen MR) is 79.2 cm³/mol. The van der Waals surface area contributed by atoms with Crippen LogP contribution in [0.15, 0.2) is 22.7 Å². The maximum Gasteiger partial charge on any atom is 0.253 e. The first-order valence-electron chi connectivity index (χ1n) is 7.02. The maximum atomic E-state index is 13.4. The number of hydrogen-bond donors (Lipinski definition) is 1. The zero-order chi connectivity index (χ0) is 14.3. The molecule has 1 N–H and O–H groups in total. The summed E-state index contributed by atoms with van der Waals surface area (Å²) in [6, 6.07) is 5.67. The Hall–Kier alpha value is -0.940. The van der Waals surface area contributed by atoms with Crippen molar-refractivity contribution in [2.24, 2.45) is 0 Å². The summed E-state index contributed by atoms with van der Waals surface area (Å²) in [6.45, 7) is 0. The molecule has 1 amide bonds. The second kappa shape index (κ2) is 5.45. The van der Waals surface area contributed by atoms with Crippen molar-refractivity contribution in [1.82, 2.24) is 10.2 Å². The Morgan fingerprint density at radius 1 is 1.30 bits per heavy atom. The normalized spacial score (nSPS) is 28.4. The van der Waals surface area contributed by atoms with Crippen LogP contribution in [0.3, 0.4) is 0 Å². The van der Waals surface area contributed by atoms with Crippen LogP contribution < -0.4 is 5.32 Å². The fourth-order valence-corrected chi connectivity index (χ4v) is 3.86. The highest BCUT2D eigenvalue weighted by atomic mass is 79.9. The number of nitrogens with one attached hydrogen (secondary N) is 1. The number of carbonyl (C=O) groups excluding carboxylic acids is 1. The molecule has 1 aromatic rings. The van der Waals surface area contributed by atoms with Gasteiger partial charge in [-0.1, -0.05) is 15.9 Å². The predicted octanol–water partition coefficient (Wildman–Crippen LogP) is 2.94. The summed E-state index contributed by atoms with van der Waals surface area (Å²) in [4.78, 5) is 14.3. The van der Waals surface area contributed by atoms with E-state index in [0.29, 0.717) is 22.1 Å². The van der Waals surface area contributed by atoms with E-state index in [0.717, 1.165) is 12.8 Å². The molecule has 2 fully saturated rings. The Morgan fingerprint density at radius 2 is 1.95 bits per heavy atom. The zero-order valence-corrected chi connectivity index (χ0v) is 13.0. The van der Waals surface area contributed by atoms with E-state index < -0.39 is 0 Å². The number of carbonyl (C=O) groups is 1. The summed E-state index contributed by atoms with van der Waals surface area (Å²) in [7, 11) is 1.83. The van der Waals surface area contributed by atoms with Crippen LogP contribution in [0.5, 0.6) is 0 Å². The molecule has 108 valence electrons. The van der Waals surface area contributed by atoms with Crippen LogP contribution in [-0.2, 0) is 0 Å². The van der Waals surface area contributed by atoms with E-state index in [1.54, 1.807) is 11.0 Å². The number of halogens is 2. The van der Waals surface area contributed by atoms with Crippen molar-refractivity contribution in [2.75, 3.05) is 7.05 Å². The van der Waals surface area contributed by atoms with E-state index in [1.165, 1.54) is 25.0 Å². The van der Waals surface area contributed by atoms with Crippen LogP contribution >= 0.6 is 15.9 Å². The highest BCUT2D eigenvalue weighted by molar-refractivity contribution is 9.10. The van der Waals surface area contributed by atoms with Crippen LogP contribution in [-0.4, -0.2) is 36.0 Å². The molecule has 0 aliphatic carbocycles. The van der Waals surface area contributed by atoms with Crippen molar-refractivity contribution in [2.45, 2.75) is 43.8 Å². The summed E-state index contributed by atoms with van der Waals surface area (Å²) >= 11 is 3.23. The third kappa shape index (κ3) is 2.74. The monoisotopic (exact) mass is 340 g/mol. The van der Waals surface area contributed by atoms with E-state index in [9.17, 15) is 9.18 Å². The number of piperidine rings is 1. The molecule has 1 aromatic carbocycles. The Bertz CT molecular complexity index is 504. The van der Waals surface area contributed by atoms with E-state index in [-0.39, 0.29) is 17.8 Å². The summed E-state index contributed by atoms with van der Waals surface area (Å²) in [5.74, 6) is -0.488. The molecule has 2 heterocycles. The van der Waals surface area contributed by atoms with Crippen LogP contribution in [0.1, 0.15) is 36.0 Å². The molecule has 2 unspecified atom stereocenters. The zero-order valence-electron chi connectivity index (χ0n) is 11.4. The summed E-state index contributed by atoms with van der Waals surface area (Å²) in [5, 5.41) is 3.57. The molecule has 2 saturated heterocycles. The van der Waals surface area contributed by atoms with Gasteiger partial charge in [0.05, 0.1) is 0 Å². The third-order valence-electron chi connectivity index (χ3n) is 4.43. The first-order valence-corrected chi connectivity index (χ1v) is 7.81. The van der Waals surface area contributed by atoms with Gasteiger partial charge in [-0.25, -0.2) is 4.39 Å². The molecule has 2 aliphatic rings. The third-order valence-corrected chi connectivity index (χ3v) is 4.88. The SMILES string of the molecule is CN(C(=O)c1cc(F)cc(Br)c1)C1CC2CCC(C1)N2. The molecule has 5 heteroatoms. The van der Waals surface area contributed by atoms with E-state index in [4.69, 9.17) is 0 Å². The van der Waals surface area contributed by atoms with Gasteiger partial charge in [-0.3, -0.25) is 4.79 Å². The molecular weight excluding hydrogens is 323 g/mol. The lowest BCUT2D eigenvalue weighted by atomic mass is 9.98. The van der Waals surface area contributed by atoms with Crippen molar-refractivity contribution in [3.8, 4) is 0 Å². The molecule has 2 atom stereocenters. The van der Waals surface area contributed by atoms with Gasteiger partial charge in [0, 0.05) is 35.2 Å². The minimum absolute atomic E-state index is 0.100. The molecule has 0 spiro atoms. The van der Waals surface area contributed by atoms with Crippen molar-refractivity contribution in [1.29, 1.82) is 0 Å². The summed E-state index contributed by atoms with van der Waals surface area (Å²) in [6.07, 6.45) is 4.40. The number of amides is 1. The number of nitrogens with zero attached hydrogens (tertiary/aromatic N) is 1. The molecule has 0 radical (unpaired) electrons. The van der Waals surface area contributed by atoms with Gasteiger partial charge in [0.2, 0.25) is 0 Å². The molecule has 2 aliphatic heterocycles. The molecular formula is C15H18BrFN2O. The van der Waals surface area contributed by atoms with Gasteiger partial charge in [-0.15, -0.1) is 0 Å². The average molecular weight is 341 g/mol. The maximum absolute atomic E-state index is 13.4. The molecule has 0 saturated carbocycles. The van der Waals surface area contributed by atoms with Gasteiger partial charge in [0.15, 0.2) is 0 Å². The van der Waals surface area contributed by atoms with Gasteiger partial charge in [-0.2, -0.15) is 0 Å². The number of fused-ring (bicyclic) bond motifs is 2. The Kier molecular flexibility index (Phi) is 3.82. The second-order valence-corrected chi connectivity index (χ2v) is 6.75. The topological polar surface area (TPSA) is 32.3 Å². The Labute approximate surface area is 126 Å². The summed E-state index contributed by atoms with van der Waals surface area (Å²) in [5.41, 5.74) is 0.408. The molecule has 3 rings (SSSR count). The van der Waals surface area contributed by atoms with E-state index in [1.807, 2.05) is 7.05 Å². The lowest BCUT2D eigenvalue weighted by Crippen LogP contribution is -2.48. The van der Waals surface area contributed by atoms with Crippen LogP contribution in [0, 0.1) is 5.82 Å². The van der Waals surface area contributed by atoms with Gasteiger partial charge in [0.1, 0.15) is 5.82 Å². The van der Waals surface area contributed by atoms with E-state index >= 15 is 0 Å². The average Bonchev–Trinajstić information content (AvgIpc) is 2.74. The summed E-state index contributed by atoms with van der Waals surface area (Å²) < 4.78 is 14.0. The molecule has 2 bridgehead atoms. The first kappa shape index (κ1) is 14.0. The quantitative estimate of drug-likeness (QED) is 0.897. The van der Waals surface area contributed by atoms with Crippen molar-refractivity contribution < 1.29 is 9.18 Å². The van der Waals surface area contributed by atoms with Gasteiger partial charge < -0.3 is 10.2 Å². The van der Waals surface area contributed by atoms with Gasteiger partial charge in [-0.05, 0) is 43.9 Å². The molecule has 0 aromatic heterocycles. The molecule has 20 heavy (non-hydrogen) atoms. The minimum atomic E-state index is -0.387. The number of benzene rings is 1. The van der Waals surface area contributed by atoms with Crippen LogP contribution in [0.2, 0.25) is 0 Å². The van der Waals surface area contributed by atoms with Gasteiger partial charge in [0.25, 0.3) is 5.91 Å². The fourth-order valence-electron chi connectivity index (χ4n) is 3.39. The van der Waals surface area contributed by atoms with Gasteiger partial charge >= 0.3 is 0 Å².